The highest BCUT2D eigenvalue weighted by molar-refractivity contribution is 6.01. The van der Waals surface area contributed by atoms with Gasteiger partial charge in [0, 0.05) is 10.8 Å². The monoisotopic (exact) mass is 363 g/mol. The highest BCUT2D eigenvalue weighted by Crippen LogP contribution is 2.49. The molecular formula is C23H25NO3. The molecule has 0 saturated carbocycles. The SMILES string of the molecule is CC(/C=N/OC=O)C(=O)C(C)(C)c1ccc2c(c1)C(C)(C)c1ccccc1-2. The lowest BCUT2D eigenvalue weighted by atomic mass is 9.74. The van der Waals surface area contributed by atoms with Crippen molar-refractivity contribution < 1.29 is 14.4 Å². The van der Waals surface area contributed by atoms with Crippen molar-refractivity contribution in [2.75, 3.05) is 0 Å². The van der Waals surface area contributed by atoms with Gasteiger partial charge in [-0.15, -0.1) is 0 Å². The summed E-state index contributed by atoms with van der Waals surface area (Å²) in [5.74, 6) is -0.438. The fourth-order valence-electron chi connectivity index (χ4n) is 4.02. The maximum atomic E-state index is 13.0. The highest BCUT2D eigenvalue weighted by atomic mass is 16.7. The molecule has 3 rings (SSSR count). The average Bonchev–Trinajstić information content (AvgIpc) is 2.89. The van der Waals surface area contributed by atoms with Crippen molar-refractivity contribution in [1.29, 1.82) is 0 Å². The largest absolute Gasteiger partial charge is 0.323 e. The number of oxime groups is 1. The summed E-state index contributed by atoms with van der Waals surface area (Å²) >= 11 is 0. The summed E-state index contributed by atoms with van der Waals surface area (Å²) in [6.07, 6.45) is 1.37. The topological polar surface area (TPSA) is 55.7 Å². The van der Waals surface area contributed by atoms with E-state index in [4.69, 9.17) is 0 Å². The maximum Gasteiger partial charge on any atom is 0.323 e. The molecule has 2 aromatic rings. The van der Waals surface area contributed by atoms with E-state index in [9.17, 15) is 9.59 Å². The Kier molecular flexibility index (Phi) is 4.77. The van der Waals surface area contributed by atoms with Crippen LogP contribution in [-0.2, 0) is 25.3 Å². The second kappa shape index (κ2) is 6.76. The van der Waals surface area contributed by atoms with Crippen molar-refractivity contribution in [2.24, 2.45) is 11.1 Å². The van der Waals surface area contributed by atoms with Crippen LogP contribution in [0.15, 0.2) is 47.6 Å². The van der Waals surface area contributed by atoms with Gasteiger partial charge in [-0.05, 0) is 41.7 Å². The zero-order valence-electron chi connectivity index (χ0n) is 16.4. The van der Waals surface area contributed by atoms with Gasteiger partial charge in [0.05, 0.1) is 12.1 Å². The van der Waals surface area contributed by atoms with Gasteiger partial charge in [-0.3, -0.25) is 9.59 Å². The van der Waals surface area contributed by atoms with Gasteiger partial charge in [-0.2, -0.15) is 0 Å². The van der Waals surface area contributed by atoms with Crippen LogP contribution in [0, 0.1) is 5.92 Å². The van der Waals surface area contributed by atoms with Crippen LogP contribution in [-0.4, -0.2) is 18.5 Å². The quantitative estimate of drug-likeness (QED) is 0.325. The Labute approximate surface area is 160 Å². The first-order chi connectivity index (χ1) is 12.7. The summed E-state index contributed by atoms with van der Waals surface area (Å²) < 4.78 is 0. The molecule has 0 amide bonds. The van der Waals surface area contributed by atoms with Gasteiger partial charge in [0.25, 0.3) is 0 Å². The normalized spacial score (nSPS) is 15.9. The maximum absolute atomic E-state index is 13.0. The third kappa shape index (κ3) is 3.09. The van der Waals surface area contributed by atoms with Crippen molar-refractivity contribution in [2.45, 2.75) is 45.4 Å². The molecule has 4 heteroatoms. The Hall–Kier alpha value is -2.75. The predicted molar refractivity (Wildman–Crippen MR) is 107 cm³/mol. The molecule has 0 N–H and O–H groups in total. The van der Waals surface area contributed by atoms with Crippen LogP contribution in [0.1, 0.15) is 51.3 Å². The zero-order chi connectivity index (χ0) is 19.8. The molecule has 140 valence electrons. The summed E-state index contributed by atoms with van der Waals surface area (Å²) in [6.45, 7) is 10.3. The number of Topliss-reactive ketones (excluding diaryl/α,β-unsaturated/α-hetero) is 1. The van der Waals surface area contributed by atoms with Gasteiger partial charge >= 0.3 is 6.47 Å². The third-order valence-electron chi connectivity index (χ3n) is 5.72. The second-order valence-electron chi connectivity index (χ2n) is 8.16. The van der Waals surface area contributed by atoms with E-state index >= 15 is 0 Å². The number of hydrogen-bond donors (Lipinski definition) is 0. The standard InChI is InChI=1S/C23H25NO3/c1-15(13-24-27-14-25)21(26)22(2,3)16-10-11-18-17-8-6-7-9-19(17)23(4,5)20(18)12-16/h6-15H,1-5H3/b24-13+. The van der Waals surface area contributed by atoms with Gasteiger partial charge in [-0.25, -0.2) is 0 Å². The third-order valence-corrected chi connectivity index (χ3v) is 5.72. The molecule has 1 aliphatic rings. The number of hydrogen-bond acceptors (Lipinski definition) is 4. The van der Waals surface area contributed by atoms with E-state index in [1.807, 2.05) is 19.9 Å². The van der Waals surface area contributed by atoms with E-state index in [2.05, 4.69) is 60.2 Å². The lowest BCUT2D eigenvalue weighted by Crippen LogP contribution is -2.34. The zero-order valence-corrected chi connectivity index (χ0v) is 16.4. The molecule has 2 aromatic carbocycles. The van der Waals surface area contributed by atoms with Crippen LogP contribution in [0.4, 0.5) is 0 Å². The summed E-state index contributed by atoms with van der Waals surface area (Å²) in [5, 5.41) is 3.51. The highest BCUT2D eigenvalue weighted by Gasteiger charge is 2.38. The van der Waals surface area contributed by atoms with Crippen LogP contribution < -0.4 is 0 Å². The Bertz CT molecular complexity index is 925. The predicted octanol–water partition coefficient (Wildman–Crippen LogP) is 4.63. The molecule has 0 saturated heterocycles. The van der Waals surface area contributed by atoms with Gasteiger partial charge in [0.15, 0.2) is 5.78 Å². The molecule has 0 aliphatic heterocycles. The summed E-state index contributed by atoms with van der Waals surface area (Å²) in [5.41, 5.74) is 5.23. The number of carbonyl (C=O) groups excluding carboxylic acids is 2. The van der Waals surface area contributed by atoms with Crippen molar-refractivity contribution in [1.82, 2.24) is 0 Å². The van der Waals surface area contributed by atoms with Crippen molar-refractivity contribution in [3.05, 3.63) is 59.2 Å². The molecule has 4 nitrogen and oxygen atoms in total. The first-order valence-corrected chi connectivity index (χ1v) is 9.13. The summed E-state index contributed by atoms with van der Waals surface area (Å²) in [7, 11) is 0. The lowest BCUT2D eigenvalue weighted by molar-refractivity contribution is -0.129. The molecule has 0 radical (unpaired) electrons. The minimum absolute atomic E-state index is 0.0222. The van der Waals surface area contributed by atoms with Gasteiger partial charge in [0.1, 0.15) is 0 Å². The number of ketones is 1. The number of rotatable bonds is 6. The molecule has 1 unspecified atom stereocenters. The van der Waals surface area contributed by atoms with Crippen LogP contribution >= 0.6 is 0 Å². The van der Waals surface area contributed by atoms with E-state index in [0.29, 0.717) is 0 Å². The first kappa shape index (κ1) is 19.0. The molecule has 1 aliphatic carbocycles. The molecule has 0 fully saturated rings. The van der Waals surface area contributed by atoms with E-state index in [0.717, 1.165) is 5.56 Å². The van der Waals surface area contributed by atoms with Crippen molar-refractivity contribution in [3.8, 4) is 11.1 Å². The van der Waals surface area contributed by atoms with Crippen LogP contribution in [0.25, 0.3) is 11.1 Å². The average molecular weight is 363 g/mol. The minimum atomic E-state index is -0.688. The van der Waals surface area contributed by atoms with Crippen LogP contribution in [0.5, 0.6) is 0 Å². The number of benzene rings is 2. The molecule has 0 spiro atoms. The van der Waals surface area contributed by atoms with Crippen molar-refractivity contribution in [3.63, 3.8) is 0 Å². The number of carbonyl (C=O) groups is 2. The second-order valence-corrected chi connectivity index (χ2v) is 8.16. The molecule has 1 atom stereocenters. The van der Waals surface area contributed by atoms with Crippen LogP contribution in [0.2, 0.25) is 0 Å². The van der Waals surface area contributed by atoms with Gasteiger partial charge in [-0.1, -0.05) is 68.4 Å². The Morgan fingerprint density at radius 1 is 1.11 bits per heavy atom. The Morgan fingerprint density at radius 2 is 1.78 bits per heavy atom. The minimum Gasteiger partial charge on any atom is -0.322 e. The fraction of sp³-hybridized carbons (Fsp3) is 0.348. The Morgan fingerprint density at radius 3 is 2.48 bits per heavy atom. The smallest absolute Gasteiger partial charge is 0.322 e. The van der Waals surface area contributed by atoms with Crippen LogP contribution in [0.3, 0.4) is 0 Å². The summed E-state index contributed by atoms with van der Waals surface area (Å²) in [6, 6.07) is 14.8. The lowest BCUT2D eigenvalue weighted by Gasteiger charge is -2.28. The molecule has 0 bridgehead atoms. The molecule has 0 aromatic heterocycles. The van der Waals surface area contributed by atoms with E-state index in [1.165, 1.54) is 28.5 Å². The van der Waals surface area contributed by atoms with Crippen molar-refractivity contribution >= 4 is 18.5 Å². The van der Waals surface area contributed by atoms with E-state index < -0.39 is 11.3 Å². The number of fused-ring (bicyclic) bond motifs is 3. The number of nitrogens with zero attached hydrogens (tertiary/aromatic N) is 1. The fourth-order valence-corrected chi connectivity index (χ4v) is 4.02. The van der Waals surface area contributed by atoms with Gasteiger partial charge < -0.3 is 4.84 Å². The first-order valence-electron chi connectivity index (χ1n) is 9.13. The molecule has 27 heavy (non-hydrogen) atoms. The summed E-state index contributed by atoms with van der Waals surface area (Å²) in [4.78, 5) is 27.6. The Balaban J connectivity index is 1.99. The van der Waals surface area contributed by atoms with E-state index in [-0.39, 0.29) is 17.7 Å². The van der Waals surface area contributed by atoms with E-state index in [1.54, 1.807) is 6.92 Å². The molecule has 0 heterocycles. The van der Waals surface area contributed by atoms with Gasteiger partial charge in [0.2, 0.25) is 0 Å². The molecular weight excluding hydrogens is 338 g/mol.